The van der Waals surface area contributed by atoms with E-state index in [1.54, 1.807) is 70.7 Å². The molecular formula is C66H80Cl2Zr2-2. The summed E-state index contributed by atoms with van der Waals surface area (Å²) in [7, 11) is 0. The molecule has 4 aliphatic rings. The Kier molecular flexibility index (Phi) is 26.0. The van der Waals surface area contributed by atoms with Gasteiger partial charge in [0, 0.05) is 0 Å². The van der Waals surface area contributed by atoms with Crippen molar-refractivity contribution in [3.63, 3.8) is 0 Å². The van der Waals surface area contributed by atoms with Crippen molar-refractivity contribution in [3.05, 3.63) is 168 Å². The number of halogens is 2. The van der Waals surface area contributed by atoms with Gasteiger partial charge in [-0.1, -0.05) is 176 Å². The zero-order valence-corrected chi connectivity index (χ0v) is 49.5. The summed E-state index contributed by atoms with van der Waals surface area (Å²) in [5.41, 5.74) is 6.41. The molecule has 0 aromatic heterocycles. The van der Waals surface area contributed by atoms with Crippen LogP contribution in [0.1, 0.15) is 202 Å². The molecule has 70 heavy (non-hydrogen) atoms. The van der Waals surface area contributed by atoms with Crippen LogP contribution >= 0.6 is 0 Å². The fourth-order valence-electron chi connectivity index (χ4n) is 11.8. The maximum atomic E-state index is 2.35. The Morgan fingerprint density at radius 2 is 0.486 bits per heavy atom. The van der Waals surface area contributed by atoms with E-state index in [2.05, 4.69) is 173 Å². The van der Waals surface area contributed by atoms with E-state index >= 15 is 0 Å². The summed E-state index contributed by atoms with van der Waals surface area (Å²) in [6.45, 7) is 8.49. The van der Waals surface area contributed by atoms with Crippen LogP contribution in [0.2, 0.25) is 0 Å². The van der Waals surface area contributed by atoms with Gasteiger partial charge in [0.1, 0.15) is 0 Å². The molecule has 8 aromatic rings. The maximum Gasteiger partial charge on any atom is -0.0533 e. The van der Waals surface area contributed by atoms with Crippen molar-refractivity contribution in [1.29, 1.82) is 0 Å². The Labute approximate surface area is 466 Å². The van der Waals surface area contributed by atoms with Crippen LogP contribution in [0, 0.1) is 0 Å². The summed E-state index contributed by atoms with van der Waals surface area (Å²) in [5, 5.41) is 11.6. The Bertz CT molecular complexity index is 2340. The van der Waals surface area contributed by atoms with Gasteiger partial charge in [0.15, 0.2) is 0 Å². The third-order valence-corrected chi connectivity index (χ3v) is 15.0. The van der Waals surface area contributed by atoms with E-state index in [-0.39, 0.29) is 24.8 Å². The van der Waals surface area contributed by atoms with Gasteiger partial charge in [-0.05, 0) is 0 Å². The van der Waals surface area contributed by atoms with Crippen LogP contribution in [-0.4, -0.2) is 6.41 Å². The van der Waals surface area contributed by atoms with E-state index in [4.69, 9.17) is 0 Å². The van der Waals surface area contributed by atoms with Gasteiger partial charge >= 0.3 is 82.6 Å². The van der Waals surface area contributed by atoms with Gasteiger partial charge in [-0.3, -0.25) is 0 Å². The molecule has 8 aromatic carbocycles. The average Bonchev–Trinajstić information content (AvgIpc) is 4.21. The van der Waals surface area contributed by atoms with Gasteiger partial charge in [0.05, 0.1) is 0 Å². The van der Waals surface area contributed by atoms with Gasteiger partial charge in [0.25, 0.3) is 0 Å². The van der Waals surface area contributed by atoms with Crippen molar-refractivity contribution in [1.82, 2.24) is 0 Å². The number of benzene rings is 4. The second kappa shape index (κ2) is 31.2. The van der Waals surface area contributed by atoms with E-state index < -0.39 is 0 Å². The monoisotopic (exact) mass is 1120 g/mol. The first kappa shape index (κ1) is 58.3. The molecule has 4 fully saturated rings. The van der Waals surface area contributed by atoms with Crippen molar-refractivity contribution < 1.29 is 73.3 Å². The average molecular weight is 1130 g/mol. The summed E-state index contributed by atoms with van der Waals surface area (Å²) in [6, 6.07) is 53.7. The fourth-order valence-corrected chi connectivity index (χ4v) is 11.8. The van der Waals surface area contributed by atoms with E-state index in [9.17, 15) is 0 Å². The zero-order valence-electron chi connectivity index (χ0n) is 43.1. The first-order chi connectivity index (χ1) is 33.3. The summed E-state index contributed by atoms with van der Waals surface area (Å²) < 4.78 is 3.01. The molecule has 4 saturated carbocycles. The standard InChI is InChI=1S/4C15H17.2C3H6.2ClH.2Zr/c4*1-2-6-12(7-3-1)15-11-10-13-8-4-5-9-14(13)15;2*1-3-2;;;;/h4*4-5,8-12H,1-3,6-7H2;2*1-2H3;2*1H;;/q4*-1;;;;;2*+2/p-2. The van der Waals surface area contributed by atoms with Crippen molar-refractivity contribution in [2.24, 2.45) is 0 Å². The van der Waals surface area contributed by atoms with E-state index in [1.807, 2.05) is 0 Å². The minimum Gasteiger partial charge on any atom is -1.00 e. The molecule has 0 radical (unpaired) electrons. The Balaban J connectivity index is 0.000000164. The first-order valence-corrected chi connectivity index (χ1v) is 29.3. The van der Waals surface area contributed by atoms with Crippen LogP contribution in [0.15, 0.2) is 146 Å². The van der Waals surface area contributed by atoms with E-state index in [1.165, 1.54) is 178 Å². The molecule has 0 N–H and O–H groups in total. The molecule has 0 unspecified atom stereocenters. The minimum absolute atomic E-state index is 0. The summed E-state index contributed by atoms with van der Waals surface area (Å²) in [5.74, 6) is 3.33. The molecule has 0 aliphatic heterocycles. The molecule has 4 aliphatic carbocycles. The predicted octanol–water partition coefficient (Wildman–Crippen LogP) is 13.9. The van der Waals surface area contributed by atoms with Gasteiger partial charge in [-0.15, -0.1) is 164 Å². The Hall–Kier alpha value is -2.59. The van der Waals surface area contributed by atoms with Crippen molar-refractivity contribution in [2.45, 2.75) is 180 Å². The second-order valence-corrected chi connectivity index (χ2v) is 25.8. The minimum atomic E-state index is 0. The Morgan fingerprint density at radius 3 is 0.671 bits per heavy atom. The maximum absolute atomic E-state index is 2.35. The Morgan fingerprint density at radius 1 is 0.314 bits per heavy atom. The molecule has 0 spiro atoms. The molecule has 12 rings (SSSR count). The molecule has 0 amide bonds. The third-order valence-electron chi connectivity index (χ3n) is 15.0. The molecule has 368 valence electrons. The number of rotatable bonds is 4. The topological polar surface area (TPSA) is 0 Å². The fraction of sp³-hybridized carbons (Fsp3) is 0.424. The molecule has 0 heterocycles. The smallest absolute Gasteiger partial charge is 0.0533 e. The normalized spacial score (nSPS) is 16.6. The molecule has 0 nitrogen and oxygen atoms in total. The summed E-state index contributed by atoms with van der Waals surface area (Å²) in [4.78, 5) is 0. The van der Waals surface area contributed by atoms with Crippen LogP contribution in [0.4, 0.5) is 0 Å². The van der Waals surface area contributed by atoms with E-state index in [0.29, 0.717) is 0 Å². The first-order valence-electron chi connectivity index (χ1n) is 26.9. The molecular weight excluding hydrogens is 1050 g/mol. The summed E-state index contributed by atoms with van der Waals surface area (Å²) in [6.07, 6.45) is 28.3. The molecule has 0 bridgehead atoms. The number of fused-ring (bicyclic) bond motifs is 4. The third kappa shape index (κ3) is 17.3. The van der Waals surface area contributed by atoms with Gasteiger partial charge in [0.2, 0.25) is 0 Å². The number of hydrogen-bond acceptors (Lipinski definition) is 0. The van der Waals surface area contributed by atoms with Crippen LogP contribution in [-0.2, 0) is 48.5 Å². The van der Waals surface area contributed by atoms with Crippen molar-refractivity contribution in [2.75, 3.05) is 0 Å². The SMILES string of the molecule is C[C](C)=[Zr+2].C[C](C)=[Zr+2].[Cl-].[Cl-].c1ccc2c(C3CCCCC3)c[cH-]c2c1.c1ccc2c(C3CCCCC3)c[cH-]c2c1.c1ccc2c(C3CCCCC3)c[cH-]c2c1.c1ccc2c(C3CCCCC3)c[cH-]c2c1. The quantitative estimate of drug-likeness (QED) is 0.154. The van der Waals surface area contributed by atoms with E-state index in [0.717, 1.165) is 23.7 Å². The largest absolute Gasteiger partial charge is 1.00 e. The molecule has 0 saturated heterocycles. The van der Waals surface area contributed by atoms with Crippen LogP contribution in [0.25, 0.3) is 43.1 Å². The van der Waals surface area contributed by atoms with Crippen molar-refractivity contribution >= 4 is 49.5 Å². The predicted molar refractivity (Wildman–Crippen MR) is 294 cm³/mol. The summed E-state index contributed by atoms with van der Waals surface area (Å²) >= 11 is 3.11. The van der Waals surface area contributed by atoms with Crippen LogP contribution < -0.4 is 24.8 Å². The zero-order chi connectivity index (χ0) is 47.5. The second-order valence-electron chi connectivity index (χ2n) is 20.8. The van der Waals surface area contributed by atoms with Crippen LogP contribution in [0.5, 0.6) is 0 Å². The number of hydrogen-bond donors (Lipinski definition) is 0. The van der Waals surface area contributed by atoms with Crippen molar-refractivity contribution in [3.8, 4) is 0 Å². The van der Waals surface area contributed by atoms with Gasteiger partial charge in [-0.25, -0.2) is 0 Å². The van der Waals surface area contributed by atoms with Gasteiger partial charge in [-0.2, -0.15) is 22.3 Å². The molecule has 0 atom stereocenters. The van der Waals surface area contributed by atoms with Crippen LogP contribution in [0.3, 0.4) is 0 Å². The van der Waals surface area contributed by atoms with Gasteiger partial charge < -0.3 is 24.8 Å². The molecule has 4 heteroatoms.